The first-order chi connectivity index (χ1) is 7.15. The predicted molar refractivity (Wildman–Crippen MR) is 60.5 cm³/mol. The van der Waals surface area contributed by atoms with Crippen LogP contribution in [-0.4, -0.2) is 17.7 Å². The number of carbonyl (C=O) groups is 1. The molecule has 0 fully saturated rings. The number of allylic oxidation sites excluding steroid dienone is 3. The Bertz CT molecular complexity index is 244. The van der Waals surface area contributed by atoms with Crippen LogP contribution in [0, 0.1) is 5.92 Å². The lowest BCUT2D eigenvalue weighted by molar-refractivity contribution is -0.137. The zero-order valence-corrected chi connectivity index (χ0v) is 9.11. The van der Waals surface area contributed by atoms with E-state index in [0.29, 0.717) is 19.4 Å². The number of esters is 1. The van der Waals surface area contributed by atoms with Crippen LogP contribution in [0.5, 0.6) is 0 Å². The number of aliphatic hydroxyl groups is 1. The van der Waals surface area contributed by atoms with Crippen molar-refractivity contribution in [2.75, 3.05) is 6.61 Å². The minimum absolute atomic E-state index is 0.0215. The molecule has 0 atom stereocenters. The van der Waals surface area contributed by atoms with Crippen LogP contribution in [0.4, 0.5) is 0 Å². The van der Waals surface area contributed by atoms with E-state index in [1.807, 2.05) is 0 Å². The number of hydrogen-bond donors (Lipinski definition) is 1. The molecule has 0 aliphatic carbocycles. The van der Waals surface area contributed by atoms with Crippen molar-refractivity contribution in [3.8, 4) is 0 Å². The van der Waals surface area contributed by atoms with Gasteiger partial charge in [0.1, 0.15) is 5.76 Å². The van der Waals surface area contributed by atoms with Gasteiger partial charge in [0.05, 0.1) is 12.7 Å². The molecular weight excluding hydrogens is 192 g/mol. The second-order valence-corrected chi connectivity index (χ2v) is 3.07. The van der Waals surface area contributed by atoms with E-state index in [9.17, 15) is 9.90 Å². The minimum Gasteiger partial charge on any atom is -0.512 e. The van der Waals surface area contributed by atoms with Gasteiger partial charge in [-0.15, -0.1) is 13.2 Å². The molecule has 0 aliphatic heterocycles. The molecular formula is C12H18O3. The molecule has 0 unspecified atom stereocenters. The van der Waals surface area contributed by atoms with E-state index in [4.69, 9.17) is 4.74 Å². The molecule has 0 amide bonds. The highest BCUT2D eigenvalue weighted by Crippen LogP contribution is 2.18. The molecule has 15 heavy (non-hydrogen) atoms. The first kappa shape index (κ1) is 13.5. The van der Waals surface area contributed by atoms with Crippen LogP contribution >= 0.6 is 0 Å². The summed E-state index contributed by atoms with van der Waals surface area (Å²) in [5.41, 5.74) is 0. The van der Waals surface area contributed by atoms with E-state index < -0.39 is 5.97 Å². The maximum atomic E-state index is 11.1. The monoisotopic (exact) mass is 210 g/mol. The fourth-order valence-electron chi connectivity index (χ4n) is 1.16. The van der Waals surface area contributed by atoms with Crippen molar-refractivity contribution < 1.29 is 14.6 Å². The zero-order valence-electron chi connectivity index (χ0n) is 9.11. The average molecular weight is 210 g/mol. The largest absolute Gasteiger partial charge is 0.512 e. The van der Waals surface area contributed by atoms with Gasteiger partial charge in [-0.3, -0.25) is 0 Å². The fourth-order valence-corrected chi connectivity index (χ4v) is 1.16. The van der Waals surface area contributed by atoms with Crippen molar-refractivity contribution in [3.63, 3.8) is 0 Å². The normalized spacial score (nSPS) is 11.2. The molecule has 0 bridgehead atoms. The predicted octanol–water partition coefficient (Wildman–Crippen LogP) is 2.76. The van der Waals surface area contributed by atoms with Crippen molar-refractivity contribution >= 4 is 5.97 Å². The van der Waals surface area contributed by atoms with Crippen LogP contribution in [0.15, 0.2) is 37.1 Å². The van der Waals surface area contributed by atoms with Crippen molar-refractivity contribution in [2.24, 2.45) is 5.92 Å². The highest BCUT2D eigenvalue weighted by atomic mass is 16.5. The summed E-state index contributed by atoms with van der Waals surface area (Å²) in [6.07, 6.45) is 5.72. The molecule has 0 aliphatic rings. The van der Waals surface area contributed by atoms with E-state index in [2.05, 4.69) is 13.2 Å². The Morgan fingerprint density at radius 1 is 1.40 bits per heavy atom. The third-order valence-corrected chi connectivity index (χ3v) is 1.87. The van der Waals surface area contributed by atoms with Crippen LogP contribution in [0.2, 0.25) is 0 Å². The van der Waals surface area contributed by atoms with Crippen LogP contribution < -0.4 is 0 Å². The molecule has 0 heterocycles. The summed E-state index contributed by atoms with van der Waals surface area (Å²) in [6, 6.07) is 0. The standard InChI is InChI=1S/C12H18O3/c1-4-7-10(8-5-2)11(13)9-12(14)15-6-3/h4-5,9-10,13H,1-2,6-8H2,3H3/b11-9-. The zero-order chi connectivity index (χ0) is 11.7. The molecule has 1 N–H and O–H groups in total. The van der Waals surface area contributed by atoms with Crippen molar-refractivity contribution in [2.45, 2.75) is 19.8 Å². The highest BCUT2D eigenvalue weighted by molar-refractivity contribution is 5.82. The molecule has 0 saturated carbocycles. The third kappa shape index (κ3) is 5.73. The van der Waals surface area contributed by atoms with Gasteiger partial charge in [-0.1, -0.05) is 12.2 Å². The van der Waals surface area contributed by atoms with Gasteiger partial charge in [-0.2, -0.15) is 0 Å². The first-order valence-electron chi connectivity index (χ1n) is 4.94. The molecule has 84 valence electrons. The molecule has 0 radical (unpaired) electrons. The summed E-state index contributed by atoms with van der Waals surface area (Å²) in [7, 11) is 0. The molecule has 0 aromatic heterocycles. The summed E-state index contributed by atoms with van der Waals surface area (Å²) in [6.45, 7) is 9.20. The van der Waals surface area contributed by atoms with Crippen LogP contribution in [0.25, 0.3) is 0 Å². The SMILES string of the molecule is C=CCC(CC=C)/C(O)=C/C(=O)OCC. The Morgan fingerprint density at radius 3 is 2.33 bits per heavy atom. The second-order valence-electron chi connectivity index (χ2n) is 3.07. The summed E-state index contributed by atoms with van der Waals surface area (Å²) in [5.74, 6) is -0.634. The Morgan fingerprint density at radius 2 is 1.93 bits per heavy atom. The van der Waals surface area contributed by atoms with Gasteiger partial charge in [0.15, 0.2) is 0 Å². The van der Waals surface area contributed by atoms with E-state index in [1.54, 1.807) is 19.1 Å². The van der Waals surface area contributed by atoms with Gasteiger partial charge < -0.3 is 9.84 Å². The van der Waals surface area contributed by atoms with Gasteiger partial charge >= 0.3 is 5.97 Å². The fraction of sp³-hybridized carbons (Fsp3) is 0.417. The number of rotatable bonds is 7. The van der Waals surface area contributed by atoms with Gasteiger partial charge in [-0.05, 0) is 19.8 Å². The maximum Gasteiger partial charge on any atom is 0.334 e. The number of carbonyl (C=O) groups excluding carboxylic acids is 1. The van der Waals surface area contributed by atoms with E-state index in [-0.39, 0.29) is 11.7 Å². The highest BCUT2D eigenvalue weighted by Gasteiger charge is 2.12. The molecule has 0 saturated heterocycles. The third-order valence-electron chi connectivity index (χ3n) is 1.87. The number of ether oxygens (including phenoxy) is 1. The van der Waals surface area contributed by atoms with E-state index in [1.165, 1.54) is 0 Å². The summed E-state index contributed by atoms with van der Waals surface area (Å²) >= 11 is 0. The molecule has 0 spiro atoms. The quantitative estimate of drug-likeness (QED) is 0.304. The molecule has 3 nitrogen and oxygen atoms in total. The summed E-state index contributed by atoms with van der Waals surface area (Å²) < 4.78 is 4.69. The second kappa shape index (κ2) is 7.85. The average Bonchev–Trinajstić information content (AvgIpc) is 2.17. The first-order valence-corrected chi connectivity index (χ1v) is 4.94. The van der Waals surface area contributed by atoms with Gasteiger partial charge in [0.25, 0.3) is 0 Å². The Balaban J connectivity index is 4.44. The van der Waals surface area contributed by atoms with Crippen molar-refractivity contribution in [1.82, 2.24) is 0 Å². The topological polar surface area (TPSA) is 46.5 Å². The van der Waals surface area contributed by atoms with Crippen LogP contribution in [0.1, 0.15) is 19.8 Å². The number of hydrogen-bond acceptors (Lipinski definition) is 3. The lowest BCUT2D eigenvalue weighted by atomic mass is 9.99. The lowest BCUT2D eigenvalue weighted by Crippen LogP contribution is -2.07. The Kier molecular flexibility index (Phi) is 7.06. The maximum absolute atomic E-state index is 11.1. The molecule has 0 aromatic carbocycles. The Labute approximate surface area is 90.8 Å². The van der Waals surface area contributed by atoms with Crippen LogP contribution in [-0.2, 0) is 9.53 Å². The minimum atomic E-state index is -0.520. The van der Waals surface area contributed by atoms with Crippen molar-refractivity contribution in [1.29, 1.82) is 0 Å². The van der Waals surface area contributed by atoms with Crippen molar-refractivity contribution in [3.05, 3.63) is 37.1 Å². The van der Waals surface area contributed by atoms with Gasteiger partial charge in [0, 0.05) is 5.92 Å². The van der Waals surface area contributed by atoms with Crippen LogP contribution in [0.3, 0.4) is 0 Å². The van der Waals surface area contributed by atoms with E-state index in [0.717, 1.165) is 6.08 Å². The lowest BCUT2D eigenvalue weighted by Gasteiger charge is -2.11. The molecule has 0 aromatic rings. The summed E-state index contributed by atoms with van der Waals surface area (Å²) in [5, 5.41) is 9.63. The molecule has 0 rings (SSSR count). The number of aliphatic hydroxyl groups excluding tert-OH is 1. The summed E-state index contributed by atoms with van der Waals surface area (Å²) in [4.78, 5) is 11.1. The van der Waals surface area contributed by atoms with E-state index >= 15 is 0 Å². The van der Waals surface area contributed by atoms with Gasteiger partial charge in [-0.25, -0.2) is 4.79 Å². The smallest absolute Gasteiger partial charge is 0.334 e. The molecule has 3 heteroatoms. The Hall–Kier alpha value is -1.51. The van der Waals surface area contributed by atoms with Gasteiger partial charge in [0.2, 0.25) is 0 Å².